The van der Waals surface area contributed by atoms with Gasteiger partial charge in [-0.15, -0.1) is 0 Å². The number of carboxylic acid groups (broad SMARTS) is 1. The van der Waals surface area contributed by atoms with Gasteiger partial charge in [0.1, 0.15) is 5.54 Å². The van der Waals surface area contributed by atoms with Gasteiger partial charge >= 0.3 is 5.97 Å². The first-order chi connectivity index (χ1) is 7.55. The first-order valence-corrected chi connectivity index (χ1v) is 6.11. The van der Waals surface area contributed by atoms with Crippen molar-refractivity contribution in [2.45, 2.75) is 57.9 Å². The molecule has 0 spiro atoms. The summed E-state index contributed by atoms with van der Waals surface area (Å²) in [6, 6.07) is 0. The molecule has 0 aromatic rings. The van der Waals surface area contributed by atoms with Crippen molar-refractivity contribution in [3.8, 4) is 0 Å². The van der Waals surface area contributed by atoms with Crippen molar-refractivity contribution in [3.05, 3.63) is 0 Å². The lowest BCUT2D eigenvalue weighted by molar-refractivity contribution is -0.143. The van der Waals surface area contributed by atoms with Crippen LogP contribution < -0.4 is 5.32 Å². The van der Waals surface area contributed by atoms with E-state index >= 15 is 0 Å². The highest BCUT2D eigenvalue weighted by atomic mass is 16.4. The van der Waals surface area contributed by atoms with Gasteiger partial charge in [-0.2, -0.15) is 0 Å². The molecule has 0 aliphatic heterocycles. The summed E-state index contributed by atoms with van der Waals surface area (Å²) in [4.78, 5) is 22.8. The Labute approximate surface area is 96.4 Å². The van der Waals surface area contributed by atoms with Crippen LogP contribution in [0.3, 0.4) is 0 Å². The fourth-order valence-electron chi connectivity index (χ4n) is 1.83. The summed E-state index contributed by atoms with van der Waals surface area (Å²) in [5.74, 6) is -1.01. The summed E-state index contributed by atoms with van der Waals surface area (Å²) >= 11 is 0. The standard InChI is InChI=1S/C12H21NO3/c1-3-5-6-9(4-2)10(14)13-12(7-8-12)11(15)16/h9H,3-8H2,1-2H3,(H,13,14)(H,15,16). The molecule has 1 fully saturated rings. The summed E-state index contributed by atoms with van der Waals surface area (Å²) in [6.07, 6.45) is 4.85. The Morgan fingerprint density at radius 1 is 1.38 bits per heavy atom. The van der Waals surface area contributed by atoms with Crippen molar-refractivity contribution in [3.63, 3.8) is 0 Å². The Balaban J connectivity index is 2.46. The molecule has 0 aromatic heterocycles. The summed E-state index contributed by atoms with van der Waals surface area (Å²) in [5.41, 5.74) is -0.934. The number of aliphatic carboxylic acids is 1. The van der Waals surface area contributed by atoms with Crippen LogP contribution in [0.1, 0.15) is 52.4 Å². The topological polar surface area (TPSA) is 66.4 Å². The normalized spacial score (nSPS) is 18.9. The lowest BCUT2D eigenvalue weighted by Crippen LogP contribution is -2.45. The van der Waals surface area contributed by atoms with E-state index in [0.717, 1.165) is 25.7 Å². The molecule has 4 nitrogen and oxygen atoms in total. The van der Waals surface area contributed by atoms with Crippen molar-refractivity contribution in [2.24, 2.45) is 5.92 Å². The van der Waals surface area contributed by atoms with E-state index < -0.39 is 11.5 Å². The second-order valence-electron chi connectivity index (χ2n) is 4.62. The van der Waals surface area contributed by atoms with Crippen molar-refractivity contribution >= 4 is 11.9 Å². The van der Waals surface area contributed by atoms with Gasteiger partial charge in [0.05, 0.1) is 0 Å². The van der Waals surface area contributed by atoms with Crippen molar-refractivity contribution < 1.29 is 14.7 Å². The molecule has 0 aromatic carbocycles. The number of nitrogens with one attached hydrogen (secondary N) is 1. The lowest BCUT2D eigenvalue weighted by atomic mass is 9.98. The molecule has 0 bridgehead atoms. The van der Waals surface area contributed by atoms with Gasteiger partial charge in [-0.25, -0.2) is 4.79 Å². The molecule has 0 heterocycles. The summed E-state index contributed by atoms with van der Waals surface area (Å²) in [6.45, 7) is 4.06. The molecule has 1 unspecified atom stereocenters. The molecule has 0 radical (unpaired) electrons. The molecular weight excluding hydrogens is 206 g/mol. The number of hydrogen-bond acceptors (Lipinski definition) is 2. The fraction of sp³-hybridized carbons (Fsp3) is 0.833. The number of unbranched alkanes of at least 4 members (excludes halogenated alkanes) is 1. The number of carbonyl (C=O) groups is 2. The van der Waals surface area contributed by atoms with E-state index in [0.29, 0.717) is 12.8 Å². The Bertz CT molecular complexity index is 271. The summed E-state index contributed by atoms with van der Waals surface area (Å²) < 4.78 is 0. The van der Waals surface area contributed by atoms with E-state index in [1.54, 1.807) is 0 Å². The third-order valence-electron chi connectivity index (χ3n) is 3.29. The second-order valence-corrected chi connectivity index (χ2v) is 4.62. The van der Waals surface area contributed by atoms with Crippen LogP contribution >= 0.6 is 0 Å². The van der Waals surface area contributed by atoms with E-state index in [-0.39, 0.29) is 11.8 Å². The molecule has 1 atom stereocenters. The molecular formula is C12H21NO3. The van der Waals surface area contributed by atoms with Gasteiger partial charge in [0.2, 0.25) is 5.91 Å². The van der Waals surface area contributed by atoms with Gasteiger partial charge in [-0.05, 0) is 25.7 Å². The average Bonchev–Trinajstić information content (AvgIpc) is 3.00. The van der Waals surface area contributed by atoms with Crippen molar-refractivity contribution in [1.29, 1.82) is 0 Å². The molecule has 1 aliphatic carbocycles. The Kier molecular flexibility index (Phi) is 4.33. The van der Waals surface area contributed by atoms with Crippen LogP contribution in [0.15, 0.2) is 0 Å². The summed E-state index contributed by atoms with van der Waals surface area (Å²) in [7, 11) is 0. The fourth-order valence-corrected chi connectivity index (χ4v) is 1.83. The maximum atomic E-state index is 11.9. The van der Waals surface area contributed by atoms with Crippen LogP contribution in [-0.2, 0) is 9.59 Å². The number of rotatable bonds is 7. The van der Waals surface area contributed by atoms with Gasteiger partial charge in [-0.3, -0.25) is 4.79 Å². The number of hydrogen-bond donors (Lipinski definition) is 2. The van der Waals surface area contributed by atoms with Gasteiger partial charge < -0.3 is 10.4 Å². The minimum atomic E-state index is -0.934. The first-order valence-electron chi connectivity index (χ1n) is 6.11. The number of carbonyl (C=O) groups excluding carboxylic acids is 1. The predicted molar refractivity (Wildman–Crippen MR) is 61.0 cm³/mol. The maximum Gasteiger partial charge on any atom is 0.329 e. The molecule has 1 rings (SSSR count). The van der Waals surface area contributed by atoms with Crippen molar-refractivity contribution in [2.75, 3.05) is 0 Å². The maximum absolute atomic E-state index is 11.9. The molecule has 4 heteroatoms. The Hall–Kier alpha value is -1.06. The van der Waals surface area contributed by atoms with Crippen LogP contribution in [0.2, 0.25) is 0 Å². The minimum Gasteiger partial charge on any atom is -0.480 e. The van der Waals surface area contributed by atoms with Gasteiger partial charge in [0, 0.05) is 5.92 Å². The van der Waals surface area contributed by atoms with Gasteiger partial charge in [0.25, 0.3) is 0 Å². The van der Waals surface area contributed by atoms with Gasteiger partial charge in [0.15, 0.2) is 0 Å². The SMILES string of the molecule is CCCCC(CC)C(=O)NC1(C(=O)O)CC1. The summed E-state index contributed by atoms with van der Waals surface area (Å²) in [5, 5.41) is 11.7. The molecule has 92 valence electrons. The molecule has 2 N–H and O–H groups in total. The Morgan fingerprint density at radius 3 is 2.38 bits per heavy atom. The van der Waals surface area contributed by atoms with Crippen molar-refractivity contribution in [1.82, 2.24) is 5.32 Å². The molecule has 16 heavy (non-hydrogen) atoms. The number of amides is 1. The first kappa shape index (κ1) is 13.0. The molecule has 1 aliphatic rings. The highest BCUT2D eigenvalue weighted by Gasteiger charge is 2.52. The van der Waals surface area contributed by atoms with Crippen LogP contribution in [0.25, 0.3) is 0 Å². The molecule has 1 amide bonds. The smallest absolute Gasteiger partial charge is 0.329 e. The third-order valence-corrected chi connectivity index (χ3v) is 3.29. The lowest BCUT2D eigenvalue weighted by Gasteiger charge is -2.18. The van der Waals surface area contributed by atoms with E-state index in [9.17, 15) is 9.59 Å². The third kappa shape index (κ3) is 2.97. The zero-order chi connectivity index (χ0) is 12.2. The zero-order valence-corrected chi connectivity index (χ0v) is 10.1. The van der Waals surface area contributed by atoms with Gasteiger partial charge in [-0.1, -0.05) is 26.7 Å². The minimum absolute atomic E-state index is 0.0308. The van der Waals surface area contributed by atoms with E-state index in [1.807, 2.05) is 6.92 Å². The highest BCUT2D eigenvalue weighted by molar-refractivity contribution is 5.90. The van der Waals surface area contributed by atoms with E-state index in [4.69, 9.17) is 5.11 Å². The molecule has 1 saturated carbocycles. The largest absolute Gasteiger partial charge is 0.480 e. The second kappa shape index (κ2) is 5.32. The monoisotopic (exact) mass is 227 g/mol. The van der Waals surface area contributed by atoms with Crippen LogP contribution in [0.5, 0.6) is 0 Å². The highest BCUT2D eigenvalue weighted by Crippen LogP contribution is 2.36. The van der Waals surface area contributed by atoms with Crippen LogP contribution in [-0.4, -0.2) is 22.5 Å². The van der Waals surface area contributed by atoms with E-state index in [1.165, 1.54) is 0 Å². The average molecular weight is 227 g/mol. The molecule has 0 saturated heterocycles. The van der Waals surface area contributed by atoms with E-state index in [2.05, 4.69) is 12.2 Å². The van der Waals surface area contributed by atoms with Crippen LogP contribution in [0, 0.1) is 5.92 Å². The predicted octanol–water partition coefficient (Wildman–Crippen LogP) is 1.94. The zero-order valence-electron chi connectivity index (χ0n) is 10.1. The number of carboxylic acids is 1. The Morgan fingerprint density at radius 2 is 2.00 bits per heavy atom. The van der Waals surface area contributed by atoms with Crippen LogP contribution in [0.4, 0.5) is 0 Å². The quantitative estimate of drug-likeness (QED) is 0.698.